The second-order valence-corrected chi connectivity index (χ2v) is 8.05. The van der Waals surface area contributed by atoms with Gasteiger partial charge in [-0.15, -0.1) is 0 Å². The van der Waals surface area contributed by atoms with Gasteiger partial charge in [0.05, 0.1) is 0 Å². The van der Waals surface area contributed by atoms with Crippen LogP contribution >= 0.6 is 11.6 Å². The molecule has 116 valence electrons. The van der Waals surface area contributed by atoms with E-state index in [1.54, 1.807) is 0 Å². The van der Waals surface area contributed by atoms with Gasteiger partial charge in [0.15, 0.2) is 5.22 Å². The fraction of sp³-hybridized carbons (Fsp3) is 0.615. The lowest BCUT2D eigenvalue weighted by Gasteiger charge is -2.49. The van der Waals surface area contributed by atoms with Gasteiger partial charge in [0.25, 0.3) is 10.0 Å². The van der Waals surface area contributed by atoms with Crippen molar-refractivity contribution >= 4 is 27.6 Å². The predicted octanol–water partition coefficient (Wildman–Crippen LogP) is 2.34. The van der Waals surface area contributed by atoms with Crippen LogP contribution < -0.4 is 0 Å². The van der Waals surface area contributed by atoms with E-state index in [1.807, 2.05) is 0 Å². The summed E-state index contributed by atoms with van der Waals surface area (Å²) in [6.45, 7) is 0.241. The first-order valence-corrected chi connectivity index (χ1v) is 8.66. The van der Waals surface area contributed by atoms with Crippen molar-refractivity contribution in [1.82, 2.24) is 4.31 Å². The van der Waals surface area contributed by atoms with Crippen LogP contribution in [0, 0.1) is 5.41 Å². The average molecular weight is 334 g/mol. The predicted molar refractivity (Wildman–Crippen MR) is 74.6 cm³/mol. The van der Waals surface area contributed by atoms with Crippen LogP contribution in [0.4, 0.5) is 0 Å². The van der Waals surface area contributed by atoms with Crippen molar-refractivity contribution in [3.05, 3.63) is 17.4 Å². The molecule has 0 aromatic carbocycles. The van der Waals surface area contributed by atoms with Gasteiger partial charge >= 0.3 is 5.97 Å². The summed E-state index contributed by atoms with van der Waals surface area (Å²) in [6.07, 6.45) is 4.06. The number of carboxylic acid groups (broad SMARTS) is 1. The standard InChI is InChI=1S/C13H16ClNO5S/c14-10-2-3-11(20-10)21(18,19)15-8-13(5-1-6-13)7-4-9(15)12(16)17/h2-3,9H,1,4-8H2,(H,16,17). The Balaban J connectivity index is 1.96. The van der Waals surface area contributed by atoms with E-state index in [0.717, 1.165) is 30.0 Å². The second kappa shape index (κ2) is 5.00. The van der Waals surface area contributed by atoms with Crippen LogP contribution in [0.3, 0.4) is 0 Å². The molecule has 1 aromatic heterocycles. The van der Waals surface area contributed by atoms with E-state index in [9.17, 15) is 18.3 Å². The number of sulfonamides is 1. The Kier molecular flexibility index (Phi) is 3.54. The summed E-state index contributed by atoms with van der Waals surface area (Å²) in [5.41, 5.74) is -0.0601. The monoisotopic (exact) mass is 333 g/mol. The zero-order valence-corrected chi connectivity index (χ0v) is 12.9. The molecular formula is C13H16ClNO5S. The molecule has 8 heteroatoms. The number of aliphatic carboxylic acids is 1. The highest BCUT2D eigenvalue weighted by Gasteiger charge is 2.50. The maximum absolute atomic E-state index is 12.7. The zero-order valence-electron chi connectivity index (χ0n) is 11.3. The van der Waals surface area contributed by atoms with Crippen molar-refractivity contribution in [3.63, 3.8) is 0 Å². The molecule has 1 N–H and O–H groups in total. The first-order chi connectivity index (χ1) is 9.84. The van der Waals surface area contributed by atoms with Crippen LogP contribution in [0.15, 0.2) is 21.6 Å². The highest BCUT2D eigenvalue weighted by molar-refractivity contribution is 7.89. The van der Waals surface area contributed by atoms with Crippen molar-refractivity contribution in [2.45, 2.75) is 43.2 Å². The third-order valence-corrected chi connectivity index (χ3v) is 6.53. The summed E-state index contributed by atoms with van der Waals surface area (Å²) in [5.74, 6) is -1.12. The number of nitrogens with zero attached hydrogens (tertiary/aromatic N) is 1. The van der Waals surface area contributed by atoms with Crippen LogP contribution in [-0.4, -0.2) is 36.4 Å². The number of piperidine rings is 1. The van der Waals surface area contributed by atoms with Gasteiger partial charge in [-0.1, -0.05) is 6.42 Å². The molecule has 1 saturated carbocycles. The summed E-state index contributed by atoms with van der Waals surface area (Å²) in [5, 5.41) is 8.99. The molecule has 21 heavy (non-hydrogen) atoms. The van der Waals surface area contributed by atoms with Crippen LogP contribution in [-0.2, 0) is 14.8 Å². The molecule has 0 bridgehead atoms. The summed E-state index contributed by atoms with van der Waals surface area (Å²) in [4.78, 5) is 11.4. The fourth-order valence-electron chi connectivity index (χ4n) is 3.24. The van der Waals surface area contributed by atoms with Gasteiger partial charge in [0, 0.05) is 6.54 Å². The van der Waals surface area contributed by atoms with Gasteiger partial charge < -0.3 is 9.52 Å². The van der Waals surface area contributed by atoms with E-state index in [-0.39, 0.29) is 22.3 Å². The van der Waals surface area contributed by atoms with Crippen molar-refractivity contribution < 1.29 is 22.7 Å². The maximum atomic E-state index is 12.7. The summed E-state index contributed by atoms with van der Waals surface area (Å²) < 4.78 is 31.4. The highest BCUT2D eigenvalue weighted by atomic mass is 35.5. The minimum atomic E-state index is -3.98. The SMILES string of the molecule is O=C(O)C1CCC2(CCC2)CN1S(=O)(=O)c1ccc(Cl)o1. The van der Waals surface area contributed by atoms with Crippen molar-refractivity contribution in [2.24, 2.45) is 5.41 Å². The molecule has 0 radical (unpaired) electrons. The van der Waals surface area contributed by atoms with E-state index in [2.05, 4.69) is 0 Å². The minimum Gasteiger partial charge on any atom is -0.480 e. The number of carbonyl (C=O) groups is 1. The highest BCUT2D eigenvalue weighted by Crippen LogP contribution is 2.49. The van der Waals surface area contributed by atoms with E-state index in [1.165, 1.54) is 12.1 Å². The molecule has 1 aliphatic carbocycles. The Morgan fingerprint density at radius 2 is 2.10 bits per heavy atom. The van der Waals surface area contributed by atoms with E-state index < -0.39 is 22.0 Å². The number of furan rings is 1. The minimum absolute atomic E-state index is 0.0317. The summed E-state index contributed by atoms with van der Waals surface area (Å²) in [7, 11) is -3.98. The lowest BCUT2D eigenvalue weighted by atomic mass is 9.64. The smallest absolute Gasteiger partial charge is 0.322 e. The van der Waals surface area contributed by atoms with Crippen molar-refractivity contribution in [3.8, 4) is 0 Å². The Labute approximate surface area is 127 Å². The molecule has 1 aromatic rings. The number of hydrogen-bond acceptors (Lipinski definition) is 4. The van der Waals surface area contributed by atoms with Gasteiger partial charge in [-0.3, -0.25) is 4.79 Å². The number of hydrogen-bond donors (Lipinski definition) is 1. The molecule has 0 amide bonds. The first kappa shape index (κ1) is 14.9. The van der Waals surface area contributed by atoms with Gasteiger partial charge in [-0.2, -0.15) is 4.31 Å². The van der Waals surface area contributed by atoms with Gasteiger partial charge in [0.2, 0.25) is 5.09 Å². The lowest BCUT2D eigenvalue weighted by Crippen LogP contribution is -2.56. The molecule has 1 saturated heterocycles. The largest absolute Gasteiger partial charge is 0.480 e. The molecule has 2 aliphatic rings. The van der Waals surface area contributed by atoms with E-state index in [0.29, 0.717) is 6.42 Å². The number of halogens is 1. The molecule has 6 nitrogen and oxygen atoms in total. The first-order valence-electron chi connectivity index (χ1n) is 6.84. The molecule has 1 unspecified atom stereocenters. The second-order valence-electron chi connectivity index (χ2n) is 5.86. The molecular weight excluding hydrogens is 318 g/mol. The third kappa shape index (κ3) is 2.47. The van der Waals surface area contributed by atoms with Crippen LogP contribution in [0.2, 0.25) is 5.22 Å². The number of rotatable bonds is 3. The Bertz CT molecular complexity index is 664. The molecule has 1 spiro atoms. The van der Waals surface area contributed by atoms with Gasteiger partial charge in [0.1, 0.15) is 6.04 Å². The maximum Gasteiger partial charge on any atom is 0.322 e. The van der Waals surface area contributed by atoms with E-state index >= 15 is 0 Å². The van der Waals surface area contributed by atoms with Crippen LogP contribution in [0.5, 0.6) is 0 Å². The molecule has 1 atom stereocenters. The summed E-state index contributed by atoms with van der Waals surface area (Å²) >= 11 is 5.63. The van der Waals surface area contributed by atoms with Gasteiger partial charge in [-0.05, 0) is 54.8 Å². The normalized spacial score (nSPS) is 25.7. The van der Waals surface area contributed by atoms with Crippen LogP contribution in [0.1, 0.15) is 32.1 Å². The quantitative estimate of drug-likeness (QED) is 0.917. The number of carboxylic acids is 1. The molecule has 1 aliphatic heterocycles. The van der Waals surface area contributed by atoms with E-state index in [4.69, 9.17) is 16.0 Å². The zero-order chi connectivity index (χ0) is 15.3. The molecule has 2 fully saturated rings. The van der Waals surface area contributed by atoms with Crippen LogP contribution in [0.25, 0.3) is 0 Å². The third-order valence-electron chi connectivity index (χ3n) is 4.60. The Morgan fingerprint density at radius 3 is 2.57 bits per heavy atom. The average Bonchev–Trinajstić information content (AvgIpc) is 2.83. The summed E-state index contributed by atoms with van der Waals surface area (Å²) in [6, 6.07) is 1.57. The Hall–Kier alpha value is -1.05. The Morgan fingerprint density at radius 1 is 1.38 bits per heavy atom. The van der Waals surface area contributed by atoms with Crippen molar-refractivity contribution in [1.29, 1.82) is 0 Å². The van der Waals surface area contributed by atoms with Crippen molar-refractivity contribution in [2.75, 3.05) is 6.54 Å². The lowest BCUT2D eigenvalue weighted by molar-refractivity contribution is -0.144. The molecule has 2 heterocycles. The van der Waals surface area contributed by atoms with Gasteiger partial charge in [-0.25, -0.2) is 8.42 Å². The molecule has 3 rings (SSSR count). The fourth-order valence-corrected chi connectivity index (χ4v) is 5.08. The topological polar surface area (TPSA) is 87.8 Å².